The molecule has 14 heteroatoms. The number of halogens is 3. The van der Waals surface area contributed by atoms with E-state index < -0.39 is 23.2 Å². The standard InChI is InChI=1S/C30H24F3N7O4/c1-30(2)15-42-14-24(30)40-25(37-38-28(40)27-36-29(41)44-39-27)10-18-9-22(33)19(11-21(18)32)23-4-3-5-26(35-23)43-13-17-7-6-16(12-34)8-20(17)31/h3-9,11,24H,10,13-15H2,1-2H3,(H,36,39,41)/t24-/m0/s1. The summed E-state index contributed by atoms with van der Waals surface area (Å²) in [6.07, 6.45) is -0.128. The van der Waals surface area contributed by atoms with Crippen LogP contribution in [0.1, 0.15) is 42.4 Å². The summed E-state index contributed by atoms with van der Waals surface area (Å²) in [7, 11) is 0. The van der Waals surface area contributed by atoms with Crippen LogP contribution in [-0.2, 0) is 17.8 Å². The van der Waals surface area contributed by atoms with Gasteiger partial charge in [-0.05, 0) is 35.9 Å². The second kappa shape index (κ2) is 11.4. The molecule has 1 aliphatic heterocycles. The van der Waals surface area contributed by atoms with Crippen LogP contribution in [0.5, 0.6) is 5.88 Å². The molecular formula is C30H24F3N7O4. The van der Waals surface area contributed by atoms with Crippen LogP contribution in [0.2, 0.25) is 0 Å². The third-order valence-corrected chi connectivity index (χ3v) is 7.42. The second-order valence-electron chi connectivity index (χ2n) is 10.9. The molecule has 1 aliphatic rings. The maximum absolute atomic E-state index is 15.5. The predicted molar refractivity (Wildman–Crippen MR) is 148 cm³/mol. The van der Waals surface area contributed by atoms with Crippen LogP contribution in [0, 0.1) is 34.2 Å². The topological polar surface area (TPSA) is 145 Å². The Bertz CT molecular complexity index is 1960. The number of aromatic amines is 1. The van der Waals surface area contributed by atoms with Gasteiger partial charge in [-0.2, -0.15) is 5.26 Å². The second-order valence-corrected chi connectivity index (χ2v) is 10.9. The Morgan fingerprint density at radius 3 is 2.61 bits per heavy atom. The number of aromatic nitrogens is 6. The molecule has 0 bridgehead atoms. The molecule has 2 aromatic carbocycles. The van der Waals surface area contributed by atoms with Gasteiger partial charge in [-0.25, -0.2) is 22.9 Å². The Kier molecular flexibility index (Phi) is 7.48. The quantitative estimate of drug-likeness (QED) is 0.266. The van der Waals surface area contributed by atoms with E-state index in [1.807, 2.05) is 19.9 Å². The monoisotopic (exact) mass is 603 g/mol. The Morgan fingerprint density at radius 2 is 1.91 bits per heavy atom. The van der Waals surface area contributed by atoms with E-state index in [1.54, 1.807) is 10.6 Å². The first-order valence-electron chi connectivity index (χ1n) is 13.5. The zero-order chi connectivity index (χ0) is 31.0. The van der Waals surface area contributed by atoms with Crippen LogP contribution in [0.15, 0.2) is 57.8 Å². The summed E-state index contributed by atoms with van der Waals surface area (Å²) in [6.45, 7) is 4.55. The van der Waals surface area contributed by atoms with Crippen molar-refractivity contribution in [3.8, 4) is 34.9 Å². The first-order valence-corrected chi connectivity index (χ1v) is 13.5. The number of nitrogens with one attached hydrogen (secondary N) is 1. The molecule has 1 N–H and O–H groups in total. The molecule has 224 valence electrons. The normalized spacial score (nSPS) is 15.8. The number of pyridine rings is 1. The minimum Gasteiger partial charge on any atom is -0.473 e. The number of nitriles is 1. The van der Waals surface area contributed by atoms with E-state index in [4.69, 9.17) is 14.7 Å². The zero-order valence-electron chi connectivity index (χ0n) is 23.5. The van der Waals surface area contributed by atoms with Crippen molar-refractivity contribution in [1.82, 2.24) is 29.9 Å². The number of rotatable bonds is 8. The van der Waals surface area contributed by atoms with E-state index in [2.05, 4.69) is 29.8 Å². The van der Waals surface area contributed by atoms with Crippen LogP contribution in [0.3, 0.4) is 0 Å². The maximum Gasteiger partial charge on any atom is 0.439 e. The average molecular weight is 604 g/mol. The van der Waals surface area contributed by atoms with Gasteiger partial charge >= 0.3 is 5.76 Å². The lowest BCUT2D eigenvalue weighted by atomic mass is 9.87. The summed E-state index contributed by atoms with van der Waals surface area (Å²) in [5.41, 5.74) is 0.0335. The molecule has 0 aliphatic carbocycles. The van der Waals surface area contributed by atoms with Gasteiger partial charge in [0.05, 0.1) is 36.6 Å². The van der Waals surface area contributed by atoms with Crippen LogP contribution in [0.25, 0.3) is 22.9 Å². The van der Waals surface area contributed by atoms with Crippen LogP contribution in [0.4, 0.5) is 13.2 Å². The summed E-state index contributed by atoms with van der Waals surface area (Å²) in [5.74, 6) is -2.19. The van der Waals surface area contributed by atoms with E-state index in [0.29, 0.717) is 19.0 Å². The van der Waals surface area contributed by atoms with Crippen molar-refractivity contribution < 1.29 is 27.2 Å². The number of hydrogen-bond donors (Lipinski definition) is 1. The highest BCUT2D eigenvalue weighted by Gasteiger charge is 2.40. The van der Waals surface area contributed by atoms with Gasteiger partial charge in [0.25, 0.3) is 0 Å². The highest BCUT2D eigenvalue weighted by atomic mass is 19.1. The fourth-order valence-corrected chi connectivity index (χ4v) is 5.06. The molecular weight excluding hydrogens is 579 g/mol. The number of ether oxygens (including phenoxy) is 2. The van der Waals surface area contributed by atoms with Crippen molar-refractivity contribution >= 4 is 0 Å². The lowest BCUT2D eigenvalue weighted by Crippen LogP contribution is -2.28. The molecule has 5 aromatic rings. The van der Waals surface area contributed by atoms with E-state index in [1.165, 1.54) is 24.3 Å². The Hall–Kier alpha value is -5.29. The van der Waals surface area contributed by atoms with Gasteiger partial charge in [0.2, 0.25) is 17.5 Å². The lowest BCUT2D eigenvalue weighted by molar-refractivity contribution is 0.166. The minimum atomic E-state index is -0.772. The van der Waals surface area contributed by atoms with Crippen molar-refractivity contribution in [2.75, 3.05) is 13.2 Å². The number of benzene rings is 2. The summed E-state index contributed by atoms with van der Waals surface area (Å²) in [4.78, 5) is 18.3. The highest BCUT2D eigenvalue weighted by Crippen LogP contribution is 2.40. The first kappa shape index (κ1) is 28.8. The Morgan fingerprint density at radius 1 is 1.09 bits per heavy atom. The molecule has 0 saturated carbocycles. The van der Waals surface area contributed by atoms with Gasteiger partial charge in [-0.15, -0.1) is 10.2 Å². The van der Waals surface area contributed by atoms with Crippen molar-refractivity contribution in [1.29, 1.82) is 5.26 Å². The Labute approximate surface area is 247 Å². The molecule has 4 heterocycles. The van der Waals surface area contributed by atoms with Crippen molar-refractivity contribution in [3.05, 3.63) is 99.0 Å². The molecule has 0 amide bonds. The molecule has 11 nitrogen and oxygen atoms in total. The molecule has 0 radical (unpaired) electrons. The smallest absolute Gasteiger partial charge is 0.439 e. The fraction of sp³-hybridized carbons (Fsp3) is 0.267. The summed E-state index contributed by atoms with van der Waals surface area (Å²) >= 11 is 0. The molecule has 6 rings (SSSR count). The van der Waals surface area contributed by atoms with E-state index >= 15 is 8.78 Å². The Balaban J connectivity index is 1.27. The van der Waals surface area contributed by atoms with Crippen LogP contribution in [-0.4, -0.2) is 43.1 Å². The molecule has 3 aromatic heterocycles. The van der Waals surface area contributed by atoms with Gasteiger partial charge < -0.3 is 14.0 Å². The van der Waals surface area contributed by atoms with Gasteiger partial charge in [0, 0.05) is 29.0 Å². The number of hydrogen-bond acceptors (Lipinski definition) is 9. The molecule has 0 unspecified atom stereocenters. The van der Waals surface area contributed by atoms with Gasteiger partial charge in [0.15, 0.2) is 0 Å². The van der Waals surface area contributed by atoms with Gasteiger partial charge in [0.1, 0.15) is 29.9 Å². The fourth-order valence-electron chi connectivity index (χ4n) is 5.06. The SMILES string of the molecule is CC1(C)COC[C@@H]1n1c(Cc2cc(F)c(-c3cccc(OCc4ccc(C#N)cc4F)n3)cc2F)nnc1-c1noc(=O)[nH]1. The third kappa shape index (κ3) is 5.57. The molecule has 0 spiro atoms. The van der Waals surface area contributed by atoms with E-state index in [-0.39, 0.29) is 70.0 Å². The van der Waals surface area contributed by atoms with Crippen molar-refractivity contribution in [2.45, 2.75) is 32.9 Å². The maximum atomic E-state index is 15.5. The third-order valence-electron chi connectivity index (χ3n) is 7.42. The van der Waals surface area contributed by atoms with Crippen LogP contribution >= 0.6 is 0 Å². The molecule has 44 heavy (non-hydrogen) atoms. The molecule has 1 fully saturated rings. The summed E-state index contributed by atoms with van der Waals surface area (Å²) in [6, 6.07) is 12.2. The first-order chi connectivity index (χ1) is 21.1. The molecule has 1 atom stereocenters. The average Bonchev–Trinajstić information content (AvgIpc) is 3.71. The predicted octanol–water partition coefficient (Wildman–Crippen LogP) is 4.74. The van der Waals surface area contributed by atoms with Crippen LogP contribution < -0.4 is 10.5 Å². The highest BCUT2D eigenvalue weighted by molar-refractivity contribution is 5.61. The van der Waals surface area contributed by atoms with E-state index in [0.717, 1.165) is 18.2 Å². The molecule has 1 saturated heterocycles. The summed E-state index contributed by atoms with van der Waals surface area (Å²) < 4.78 is 62.9. The van der Waals surface area contributed by atoms with Crippen molar-refractivity contribution in [3.63, 3.8) is 0 Å². The minimum absolute atomic E-state index is 0.0144. The zero-order valence-corrected chi connectivity index (χ0v) is 23.5. The van der Waals surface area contributed by atoms with Crippen molar-refractivity contribution in [2.24, 2.45) is 5.41 Å². The van der Waals surface area contributed by atoms with E-state index in [9.17, 15) is 9.18 Å². The summed E-state index contributed by atoms with van der Waals surface area (Å²) in [5, 5.41) is 21.0. The largest absolute Gasteiger partial charge is 0.473 e. The van der Waals surface area contributed by atoms with Gasteiger partial charge in [-0.1, -0.05) is 31.1 Å². The number of nitrogens with zero attached hydrogens (tertiary/aromatic N) is 6. The number of H-pyrrole nitrogens is 1. The lowest BCUT2D eigenvalue weighted by Gasteiger charge is -2.27. The van der Waals surface area contributed by atoms with Gasteiger partial charge in [-0.3, -0.25) is 9.51 Å².